The van der Waals surface area contributed by atoms with Crippen LogP contribution in [0.15, 0.2) is 24.3 Å². The van der Waals surface area contributed by atoms with Crippen LogP contribution in [0.4, 0.5) is 0 Å². The minimum Gasteiger partial charge on any atom is -0.465 e. The van der Waals surface area contributed by atoms with Crippen LogP contribution >= 0.6 is 11.6 Å². The Hall–Kier alpha value is -2.01. The molecule has 0 aliphatic rings. The first-order chi connectivity index (χ1) is 10.1. The molecule has 0 aliphatic carbocycles. The maximum Gasteiger partial charge on any atom is 0.354 e. The van der Waals surface area contributed by atoms with Crippen molar-refractivity contribution in [2.24, 2.45) is 0 Å². The lowest BCUT2D eigenvalue weighted by molar-refractivity contribution is -0.143. The SMILES string of the molecule is CCOC(=O)Cn1c(C(=O)OCC)cc2cc(Cl)ccc21. The van der Waals surface area contributed by atoms with E-state index in [1.54, 1.807) is 42.7 Å². The number of hydrogen-bond donors (Lipinski definition) is 0. The third-order valence-corrected chi connectivity index (χ3v) is 3.18. The van der Waals surface area contributed by atoms with Crippen LogP contribution in [0.5, 0.6) is 0 Å². The molecule has 112 valence electrons. The summed E-state index contributed by atoms with van der Waals surface area (Å²) in [5, 5.41) is 1.33. The second kappa shape index (κ2) is 6.63. The van der Waals surface area contributed by atoms with Crippen LogP contribution in [0.25, 0.3) is 10.9 Å². The van der Waals surface area contributed by atoms with Gasteiger partial charge in [-0.25, -0.2) is 4.79 Å². The predicted molar refractivity (Wildman–Crippen MR) is 79.5 cm³/mol. The molecule has 2 rings (SSSR count). The molecule has 2 aromatic rings. The van der Waals surface area contributed by atoms with E-state index in [4.69, 9.17) is 21.1 Å². The zero-order chi connectivity index (χ0) is 15.4. The molecule has 0 amide bonds. The Morgan fingerprint density at radius 2 is 1.86 bits per heavy atom. The molecule has 0 aliphatic heterocycles. The molecule has 5 nitrogen and oxygen atoms in total. The van der Waals surface area contributed by atoms with Gasteiger partial charge < -0.3 is 14.0 Å². The van der Waals surface area contributed by atoms with Gasteiger partial charge in [0.2, 0.25) is 0 Å². The van der Waals surface area contributed by atoms with E-state index in [-0.39, 0.29) is 13.2 Å². The van der Waals surface area contributed by atoms with Gasteiger partial charge in [-0.2, -0.15) is 0 Å². The highest BCUT2D eigenvalue weighted by atomic mass is 35.5. The highest BCUT2D eigenvalue weighted by molar-refractivity contribution is 6.31. The Morgan fingerprint density at radius 1 is 1.14 bits per heavy atom. The van der Waals surface area contributed by atoms with E-state index in [2.05, 4.69) is 0 Å². The number of halogens is 1. The van der Waals surface area contributed by atoms with Crippen molar-refractivity contribution < 1.29 is 19.1 Å². The molecule has 0 saturated heterocycles. The fourth-order valence-corrected chi connectivity index (χ4v) is 2.30. The number of carbonyl (C=O) groups is 2. The molecular weight excluding hydrogens is 294 g/mol. The van der Waals surface area contributed by atoms with Gasteiger partial charge in [-0.3, -0.25) is 4.79 Å². The molecular formula is C15H16ClNO4. The van der Waals surface area contributed by atoms with Crippen LogP contribution in [-0.2, 0) is 20.8 Å². The predicted octanol–water partition coefficient (Wildman–Crippen LogP) is 3.03. The number of carbonyl (C=O) groups excluding carboxylic acids is 2. The van der Waals surface area contributed by atoms with Crippen LogP contribution in [0.1, 0.15) is 24.3 Å². The van der Waals surface area contributed by atoms with Gasteiger partial charge in [0.1, 0.15) is 12.2 Å². The maximum absolute atomic E-state index is 12.0. The Morgan fingerprint density at radius 3 is 2.52 bits per heavy atom. The molecule has 21 heavy (non-hydrogen) atoms. The van der Waals surface area contributed by atoms with Crippen molar-refractivity contribution in [2.45, 2.75) is 20.4 Å². The van der Waals surface area contributed by atoms with Crippen molar-refractivity contribution >= 4 is 34.4 Å². The number of aromatic nitrogens is 1. The summed E-state index contributed by atoms with van der Waals surface area (Å²) in [5.74, 6) is -0.885. The molecule has 0 saturated carbocycles. The number of benzene rings is 1. The number of fused-ring (bicyclic) bond motifs is 1. The van der Waals surface area contributed by atoms with Gasteiger partial charge in [0.25, 0.3) is 0 Å². The van der Waals surface area contributed by atoms with Gasteiger partial charge in [-0.15, -0.1) is 0 Å². The molecule has 0 atom stereocenters. The van der Waals surface area contributed by atoms with Crippen LogP contribution in [0, 0.1) is 0 Å². The number of esters is 2. The highest BCUT2D eigenvalue weighted by Gasteiger charge is 2.19. The number of rotatable bonds is 5. The van der Waals surface area contributed by atoms with E-state index in [1.165, 1.54) is 0 Å². The maximum atomic E-state index is 12.0. The van der Waals surface area contributed by atoms with E-state index in [0.717, 1.165) is 10.9 Å². The standard InChI is InChI=1S/C15H16ClNO4/c1-3-20-14(18)9-17-12-6-5-11(16)7-10(12)8-13(17)15(19)21-4-2/h5-8H,3-4,9H2,1-2H3. The van der Waals surface area contributed by atoms with Crippen LogP contribution in [-0.4, -0.2) is 29.7 Å². The molecule has 0 N–H and O–H groups in total. The van der Waals surface area contributed by atoms with Crippen LogP contribution in [0.2, 0.25) is 5.02 Å². The molecule has 0 fully saturated rings. The fourth-order valence-electron chi connectivity index (χ4n) is 2.12. The van der Waals surface area contributed by atoms with E-state index >= 15 is 0 Å². The van der Waals surface area contributed by atoms with Crippen LogP contribution < -0.4 is 0 Å². The summed E-state index contributed by atoms with van der Waals surface area (Å²) in [6.45, 7) is 3.97. The van der Waals surface area contributed by atoms with E-state index in [0.29, 0.717) is 17.3 Å². The quantitative estimate of drug-likeness (QED) is 0.797. The highest BCUT2D eigenvalue weighted by Crippen LogP contribution is 2.24. The molecule has 0 bridgehead atoms. The summed E-state index contributed by atoms with van der Waals surface area (Å²) in [7, 11) is 0. The number of nitrogens with zero attached hydrogens (tertiary/aromatic N) is 1. The first kappa shape index (κ1) is 15.4. The first-order valence-corrected chi connectivity index (χ1v) is 7.06. The molecule has 1 heterocycles. The topological polar surface area (TPSA) is 57.5 Å². The van der Waals surface area contributed by atoms with Crippen molar-refractivity contribution in [1.29, 1.82) is 0 Å². The van der Waals surface area contributed by atoms with Crippen molar-refractivity contribution in [3.05, 3.63) is 35.0 Å². The lowest BCUT2D eigenvalue weighted by Gasteiger charge is -2.09. The lowest BCUT2D eigenvalue weighted by Crippen LogP contribution is -2.18. The Balaban J connectivity index is 2.49. The summed E-state index contributed by atoms with van der Waals surface area (Å²) in [5.41, 5.74) is 1.04. The lowest BCUT2D eigenvalue weighted by atomic mass is 10.2. The number of ether oxygens (including phenoxy) is 2. The summed E-state index contributed by atoms with van der Waals surface area (Å²) in [4.78, 5) is 23.8. The smallest absolute Gasteiger partial charge is 0.354 e. The van der Waals surface area contributed by atoms with Crippen molar-refractivity contribution in [1.82, 2.24) is 4.57 Å². The molecule has 0 radical (unpaired) electrons. The normalized spacial score (nSPS) is 10.6. The third-order valence-electron chi connectivity index (χ3n) is 2.94. The molecule has 0 unspecified atom stereocenters. The van der Waals surface area contributed by atoms with Crippen LogP contribution in [0.3, 0.4) is 0 Å². The van der Waals surface area contributed by atoms with E-state index in [9.17, 15) is 9.59 Å². The zero-order valence-electron chi connectivity index (χ0n) is 11.9. The fraction of sp³-hybridized carbons (Fsp3) is 0.333. The summed E-state index contributed by atoms with van der Waals surface area (Å²) >= 11 is 5.96. The Labute approximate surface area is 127 Å². The van der Waals surface area contributed by atoms with Gasteiger partial charge in [0, 0.05) is 15.9 Å². The van der Waals surface area contributed by atoms with Gasteiger partial charge >= 0.3 is 11.9 Å². The second-order valence-corrected chi connectivity index (χ2v) is 4.78. The summed E-state index contributed by atoms with van der Waals surface area (Å²) in [6.07, 6.45) is 0. The van der Waals surface area contributed by atoms with Crippen molar-refractivity contribution in [3.63, 3.8) is 0 Å². The molecule has 1 aromatic heterocycles. The number of hydrogen-bond acceptors (Lipinski definition) is 4. The Bertz CT molecular complexity index is 678. The van der Waals surface area contributed by atoms with Crippen molar-refractivity contribution in [2.75, 3.05) is 13.2 Å². The minimum atomic E-state index is -0.478. The van der Waals surface area contributed by atoms with E-state index in [1.807, 2.05) is 0 Å². The average molecular weight is 310 g/mol. The average Bonchev–Trinajstić information content (AvgIpc) is 2.77. The van der Waals surface area contributed by atoms with E-state index < -0.39 is 11.9 Å². The minimum absolute atomic E-state index is 0.0485. The van der Waals surface area contributed by atoms with Gasteiger partial charge in [-0.05, 0) is 38.1 Å². The zero-order valence-corrected chi connectivity index (χ0v) is 12.6. The monoisotopic (exact) mass is 309 g/mol. The molecule has 6 heteroatoms. The molecule has 1 aromatic carbocycles. The summed E-state index contributed by atoms with van der Waals surface area (Å²) in [6, 6.07) is 6.87. The third kappa shape index (κ3) is 3.36. The van der Waals surface area contributed by atoms with Gasteiger partial charge in [-0.1, -0.05) is 11.6 Å². The largest absolute Gasteiger partial charge is 0.465 e. The van der Waals surface area contributed by atoms with Gasteiger partial charge in [0.05, 0.1) is 13.2 Å². The second-order valence-electron chi connectivity index (χ2n) is 4.34. The van der Waals surface area contributed by atoms with Gasteiger partial charge in [0.15, 0.2) is 0 Å². The molecule has 0 spiro atoms. The summed E-state index contributed by atoms with van der Waals surface area (Å²) < 4.78 is 11.6. The Kier molecular flexibility index (Phi) is 4.85. The first-order valence-electron chi connectivity index (χ1n) is 6.68. The van der Waals surface area contributed by atoms with Crippen molar-refractivity contribution in [3.8, 4) is 0 Å².